The second kappa shape index (κ2) is 2.92. The standard InChI is InChI=1S/C10H14N2O/c1-6-4-7-8(11)2-3-13-10(7)5-9(6)12/h4-5,8H,2-3,11-12H2,1H3/t8-/m1/s1. The molecule has 3 nitrogen and oxygen atoms in total. The summed E-state index contributed by atoms with van der Waals surface area (Å²) in [6.45, 7) is 2.67. The fourth-order valence-electron chi connectivity index (χ4n) is 1.59. The fraction of sp³-hybridized carbons (Fsp3) is 0.400. The Morgan fingerprint density at radius 3 is 3.00 bits per heavy atom. The van der Waals surface area contributed by atoms with Crippen molar-refractivity contribution >= 4 is 5.69 Å². The Labute approximate surface area is 77.7 Å². The molecular weight excluding hydrogens is 164 g/mol. The highest BCUT2D eigenvalue weighted by molar-refractivity contribution is 5.55. The van der Waals surface area contributed by atoms with E-state index in [0.717, 1.165) is 29.0 Å². The minimum absolute atomic E-state index is 0.100. The molecule has 1 aliphatic heterocycles. The summed E-state index contributed by atoms with van der Waals surface area (Å²) in [6, 6.07) is 3.99. The summed E-state index contributed by atoms with van der Waals surface area (Å²) in [7, 11) is 0. The lowest BCUT2D eigenvalue weighted by Crippen LogP contribution is -2.20. The largest absolute Gasteiger partial charge is 0.493 e. The molecule has 0 saturated heterocycles. The average Bonchev–Trinajstić information content (AvgIpc) is 2.09. The summed E-state index contributed by atoms with van der Waals surface area (Å²) in [5, 5.41) is 0. The number of nitrogen functional groups attached to an aromatic ring is 1. The van der Waals surface area contributed by atoms with Gasteiger partial charge >= 0.3 is 0 Å². The zero-order valence-electron chi connectivity index (χ0n) is 7.71. The van der Waals surface area contributed by atoms with E-state index in [0.29, 0.717) is 6.61 Å². The highest BCUT2D eigenvalue weighted by Gasteiger charge is 2.18. The van der Waals surface area contributed by atoms with Gasteiger partial charge < -0.3 is 16.2 Å². The molecule has 1 aromatic rings. The average molecular weight is 178 g/mol. The number of rotatable bonds is 0. The van der Waals surface area contributed by atoms with Crippen LogP contribution in [0.2, 0.25) is 0 Å². The van der Waals surface area contributed by atoms with Gasteiger partial charge in [-0.2, -0.15) is 0 Å². The van der Waals surface area contributed by atoms with Gasteiger partial charge in [-0.1, -0.05) is 0 Å². The van der Waals surface area contributed by atoms with Crippen LogP contribution in [0.5, 0.6) is 5.75 Å². The number of anilines is 1. The molecule has 3 heteroatoms. The smallest absolute Gasteiger partial charge is 0.126 e. The molecule has 0 spiro atoms. The van der Waals surface area contributed by atoms with Gasteiger partial charge in [0.15, 0.2) is 0 Å². The van der Waals surface area contributed by atoms with Gasteiger partial charge in [-0.3, -0.25) is 0 Å². The molecule has 0 fully saturated rings. The lowest BCUT2D eigenvalue weighted by atomic mass is 9.98. The Hall–Kier alpha value is -1.22. The SMILES string of the molecule is Cc1cc2c(cc1N)OCC[C@H]2N. The van der Waals surface area contributed by atoms with Crippen molar-refractivity contribution in [2.24, 2.45) is 5.73 Å². The van der Waals surface area contributed by atoms with Crippen LogP contribution in [0.15, 0.2) is 12.1 Å². The minimum Gasteiger partial charge on any atom is -0.493 e. The first-order valence-electron chi connectivity index (χ1n) is 4.47. The van der Waals surface area contributed by atoms with Gasteiger partial charge in [0.05, 0.1) is 6.61 Å². The number of hydrogen-bond donors (Lipinski definition) is 2. The first-order valence-corrected chi connectivity index (χ1v) is 4.47. The van der Waals surface area contributed by atoms with Crippen molar-refractivity contribution in [2.75, 3.05) is 12.3 Å². The quantitative estimate of drug-likeness (QED) is 0.590. The molecule has 1 aliphatic rings. The van der Waals surface area contributed by atoms with Crippen molar-refractivity contribution in [2.45, 2.75) is 19.4 Å². The van der Waals surface area contributed by atoms with E-state index >= 15 is 0 Å². The maximum Gasteiger partial charge on any atom is 0.126 e. The molecule has 0 unspecified atom stereocenters. The zero-order valence-corrected chi connectivity index (χ0v) is 7.71. The fourth-order valence-corrected chi connectivity index (χ4v) is 1.59. The molecule has 1 aromatic carbocycles. The third-order valence-corrected chi connectivity index (χ3v) is 2.48. The van der Waals surface area contributed by atoms with E-state index in [-0.39, 0.29) is 6.04 Å². The van der Waals surface area contributed by atoms with Crippen molar-refractivity contribution in [1.82, 2.24) is 0 Å². The van der Waals surface area contributed by atoms with E-state index in [1.54, 1.807) is 0 Å². The molecule has 0 bridgehead atoms. The number of aryl methyl sites for hydroxylation is 1. The summed E-state index contributed by atoms with van der Waals surface area (Å²) in [4.78, 5) is 0. The molecule has 4 N–H and O–H groups in total. The lowest BCUT2D eigenvalue weighted by Gasteiger charge is -2.23. The molecule has 0 saturated carbocycles. The maximum atomic E-state index is 5.94. The molecule has 0 aromatic heterocycles. The van der Waals surface area contributed by atoms with Gasteiger partial charge in [0.2, 0.25) is 0 Å². The van der Waals surface area contributed by atoms with Crippen molar-refractivity contribution < 1.29 is 4.74 Å². The van der Waals surface area contributed by atoms with Gasteiger partial charge in [-0.25, -0.2) is 0 Å². The van der Waals surface area contributed by atoms with Gasteiger partial charge in [-0.05, 0) is 18.6 Å². The number of ether oxygens (including phenoxy) is 1. The van der Waals surface area contributed by atoms with Crippen LogP contribution in [0, 0.1) is 6.92 Å². The summed E-state index contributed by atoms with van der Waals surface area (Å²) >= 11 is 0. The van der Waals surface area contributed by atoms with Gasteiger partial charge in [0.1, 0.15) is 5.75 Å². The van der Waals surface area contributed by atoms with Crippen LogP contribution in [0.3, 0.4) is 0 Å². The predicted octanol–water partition coefficient (Wildman–Crippen LogP) is 1.36. The Bertz CT molecular complexity index is 336. The summed E-state index contributed by atoms with van der Waals surface area (Å²) in [5.74, 6) is 0.849. The van der Waals surface area contributed by atoms with E-state index in [1.165, 1.54) is 0 Å². The molecule has 0 radical (unpaired) electrons. The first-order chi connectivity index (χ1) is 6.18. The van der Waals surface area contributed by atoms with Crippen LogP contribution in [-0.4, -0.2) is 6.61 Å². The summed E-state index contributed by atoms with van der Waals surface area (Å²) < 4.78 is 5.47. The zero-order chi connectivity index (χ0) is 9.42. The van der Waals surface area contributed by atoms with Crippen LogP contribution in [0.1, 0.15) is 23.6 Å². The number of benzene rings is 1. The van der Waals surface area contributed by atoms with Crippen LogP contribution in [-0.2, 0) is 0 Å². The second-order valence-electron chi connectivity index (χ2n) is 3.49. The normalized spacial score (nSPS) is 20.6. The van der Waals surface area contributed by atoms with Crippen LogP contribution >= 0.6 is 0 Å². The molecular formula is C10H14N2O. The lowest BCUT2D eigenvalue weighted by molar-refractivity contribution is 0.269. The first kappa shape index (κ1) is 8.38. The third-order valence-electron chi connectivity index (χ3n) is 2.48. The summed E-state index contributed by atoms with van der Waals surface area (Å²) in [6.07, 6.45) is 0.885. The van der Waals surface area contributed by atoms with E-state index in [1.807, 2.05) is 19.1 Å². The number of nitrogens with two attached hydrogens (primary N) is 2. The molecule has 13 heavy (non-hydrogen) atoms. The highest BCUT2D eigenvalue weighted by atomic mass is 16.5. The van der Waals surface area contributed by atoms with E-state index in [4.69, 9.17) is 16.2 Å². The number of hydrogen-bond acceptors (Lipinski definition) is 3. The van der Waals surface area contributed by atoms with E-state index < -0.39 is 0 Å². The molecule has 1 atom stereocenters. The van der Waals surface area contributed by atoms with E-state index in [2.05, 4.69) is 0 Å². The Morgan fingerprint density at radius 1 is 1.46 bits per heavy atom. The van der Waals surface area contributed by atoms with Gasteiger partial charge in [0.25, 0.3) is 0 Å². The molecule has 0 amide bonds. The number of fused-ring (bicyclic) bond motifs is 1. The maximum absolute atomic E-state index is 5.94. The van der Waals surface area contributed by atoms with Crippen LogP contribution in [0.25, 0.3) is 0 Å². The summed E-state index contributed by atoms with van der Waals surface area (Å²) in [5.41, 5.74) is 14.6. The van der Waals surface area contributed by atoms with Crippen molar-refractivity contribution in [3.05, 3.63) is 23.3 Å². The van der Waals surface area contributed by atoms with Gasteiger partial charge in [0, 0.05) is 29.8 Å². The topological polar surface area (TPSA) is 61.3 Å². The van der Waals surface area contributed by atoms with E-state index in [9.17, 15) is 0 Å². The Balaban J connectivity index is 2.52. The monoisotopic (exact) mass is 178 g/mol. The highest BCUT2D eigenvalue weighted by Crippen LogP contribution is 2.33. The predicted molar refractivity (Wildman–Crippen MR) is 52.6 cm³/mol. The minimum atomic E-state index is 0.100. The Kier molecular flexibility index (Phi) is 1.88. The van der Waals surface area contributed by atoms with Crippen molar-refractivity contribution in [1.29, 1.82) is 0 Å². The molecule has 1 heterocycles. The van der Waals surface area contributed by atoms with Crippen LogP contribution in [0.4, 0.5) is 5.69 Å². The molecule has 0 aliphatic carbocycles. The molecule has 2 rings (SSSR count). The molecule has 70 valence electrons. The van der Waals surface area contributed by atoms with Crippen molar-refractivity contribution in [3.8, 4) is 5.75 Å². The van der Waals surface area contributed by atoms with Crippen LogP contribution < -0.4 is 16.2 Å². The second-order valence-corrected chi connectivity index (χ2v) is 3.49. The third kappa shape index (κ3) is 1.35. The van der Waals surface area contributed by atoms with Gasteiger partial charge in [-0.15, -0.1) is 0 Å². The van der Waals surface area contributed by atoms with Crippen molar-refractivity contribution in [3.63, 3.8) is 0 Å². The Morgan fingerprint density at radius 2 is 2.23 bits per heavy atom.